The van der Waals surface area contributed by atoms with Gasteiger partial charge in [-0.1, -0.05) is 24.9 Å². The largest absolute Gasteiger partial charge is 0.490 e. The highest BCUT2D eigenvalue weighted by molar-refractivity contribution is 6.32. The summed E-state index contributed by atoms with van der Waals surface area (Å²) in [6.07, 6.45) is 3.51. The molecule has 0 aliphatic carbocycles. The van der Waals surface area contributed by atoms with Crippen LogP contribution >= 0.6 is 11.6 Å². The molecule has 0 fully saturated rings. The van der Waals surface area contributed by atoms with Crippen molar-refractivity contribution < 1.29 is 23.4 Å². The Morgan fingerprint density at radius 2 is 2.04 bits per heavy atom. The number of hydrogen-bond donors (Lipinski definition) is 0. The molecule has 154 valence electrons. The number of furan rings is 1. The number of hydrogen-bond acceptors (Lipinski definition) is 5. The first-order chi connectivity index (χ1) is 13.6. The van der Waals surface area contributed by atoms with Gasteiger partial charge in [0, 0.05) is 19.2 Å². The summed E-state index contributed by atoms with van der Waals surface area (Å²) in [4.78, 5) is 14.8. The molecule has 6 nitrogen and oxygen atoms in total. The molecular formula is C21H28ClNO5. The Balaban J connectivity index is 2.27. The second-order valence-corrected chi connectivity index (χ2v) is 6.63. The SMILES string of the molecule is CCCCOc1c(Cl)cc(C(=O)N(CCOC)Cc2ccco2)cc1OCC. The van der Waals surface area contributed by atoms with Crippen molar-refractivity contribution in [1.82, 2.24) is 4.90 Å². The molecule has 1 aromatic heterocycles. The lowest BCUT2D eigenvalue weighted by Crippen LogP contribution is -2.33. The first-order valence-electron chi connectivity index (χ1n) is 9.50. The van der Waals surface area contributed by atoms with Crippen molar-refractivity contribution >= 4 is 17.5 Å². The Kier molecular flexibility index (Phi) is 9.17. The van der Waals surface area contributed by atoms with Gasteiger partial charge < -0.3 is 23.5 Å². The predicted octanol–water partition coefficient (Wildman–Crippen LogP) is 4.80. The monoisotopic (exact) mass is 409 g/mol. The molecule has 0 aliphatic heterocycles. The van der Waals surface area contributed by atoms with E-state index in [1.165, 1.54) is 0 Å². The van der Waals surface area contributed by atoms with Gasteiger partial charge in [-0.05, 0) is 37.6 Å². The summed E-state index contributed by atoms with van der Waals surface area (Å²) in [6, 6.07) is 6.92. The maximum absolute atomic E-state index is 13.1. The third-order valence-electron chi connectivity index (χ3n) is 4.08. The second kappa shape index (κ2) is 11.6. The molecule has 7 heteroatoms. The molecule has 0 N–H and O–H groups in total. The van der Waals surface area contributed by atoms with E-state index in [1.54, 1.807) is 36.5 Å². The number of carbonyl (C=O) groups excluding carboxylic acids is 1. The van der Waals surface area contributed by atoms with E-state index in [2.05, 4.69) is 6.92 Å². The first-order valence-corrected chi connectivity index (χ1v) is 9.88. The molecule has 1 heterocycles. The van der Waals surface area contributed by atoms with Gasteiger partial charge in [0.05, 0.1) is 37.7 Å². The van der Waals surface area contributed by atoms with E-state index < -0.39 is 0 Å². The molecular weight excluding hydrogens is 382 g/mol. The highest BCUT2D eigenvalue weighted by atomic mass is 35.5. The lowest BCUT2D eigenvalue weighted by molar-refractivity contribution is 0.0666. The number of carbonyl (C=O) groups is 1. The van der Waals surface area contributed by atoms with Crippen LogP contribution in [0.15, 0.2) is 34.9 Å². The zero-order chi connectivity index (χ0) is 20.4. The highest BCUT2D eigenvalue weighted by Crippen LogP contribution is 2.37. The van der Waals surface area contributed by atoms with Crippen molar-refractivity contribution in [2.45, 2.75) is 33.2 Å². The van der Waals surface area contributed by atoms with E-state index in [-0.39, 0.29) is 5.91 Å². The Morgan fingerprint density at radius 3 is 2.68 bits per heavy atom. The molecule has 2 rings (SSSR count). The van der Waals surface area contributed by atoms with Crippen LogP contribution in [-0.2, 0) is 11.3 Å². The fourth-order valence-corrected chi connectivity index (χ4v) is 2.91. The van der Waals surface area contributed by atoms with Gasteiger partial charge in [-0.3, -0.25) is 4.79 Å². The van der Waals surface area contributed by atoms with Crippen LogP contribution in [0.1, 0.15) is 42.8 Å². The number of amides is 1. The molecule has 28 heavy (non-hydrogen) atoms. The van der Waals surface area contributed by atoms with E-state index >= 15 is 0 Å². The number of benzene rings is 1. The van der Waals surface area contributed by atoms with Crippen molar-refractivity contribution in [1.29, 1.82) is 0 Å². The van der Waals surface area contributed by atoms with Gasteiger partial charge in [-0.2, -0.15) is 0 Å². The summed E-state index contributed by atoms with van der Waals surface area (Å²) in [5.41, 5.74) is 0.430. The number of unbranched alkanes of at least 4 members (excludes halogenated alkanes) is 1. The van der Waals surface area contributed by atoms with E-state index in [1.807, 2.05) is 13.0 Å². The van der Waals surface area contributed by atoms with Gasteiger partial charge in [-0.15, -0.1) is 0 Å². The zero-order valence-electron chi connectivity index (χ0n) is 16.7. The first kappa shape index (κ1) is 22.1. The Bertz CT molecular complexity index is 733. The van der Waals surface area contributed by atoms with Crippen LogP contribution in [0.4, 0.5) is 0 Å². The van der Waals surface area contributed by atoms with Crippen LogP contribution in [0.25, 0.3) is 0 Å². The topological polar surface area (TPSA) is 61.1 Å². The normalized spacial score (nSPS) is 10.7. The van der Waals surface area contributed by atoms with E-state index in [0.717, 1.165) is 12.8 Å². The average Bonchev–Trinajstić information content (AvgIpc) is 3.20. The van der Waals surface area contributed by atoms with E-state index in [0.29, 0.717) is 60.8 Å². The lowest BCUT2D eigenvalue weighted by Gasteiger charge is -2.22. The van der Waals surface area contributed by atoms with Crippen molar-refractivity contribution in [2.24, 2.45) is 0 Å². The smallest absolute Gasteiger partial charge is 0.254 e. The molecule has 0 saturated heterocycles. The van der Waals surface area contributed by atoms with Gasteiger partial charge in [0.25, 0.3) is 5.91 Å². The summed E-state index contributed by atoms with van der Waals surface area (Å²) in [5.74, 6) is 1.46. The molecule has 0 radical (unpaired) electrons. The van der Waals surface area contributed by atoms with Crippen LogP contribution in [0.2, 0.25) is 5.02 Å². The number of ether oxygens (including phenoxy) is 3. The molecule has 0 aliphatic rings. The van der Waals surface area contributed by atoms with Crippen molar-refractivity contribution in [2.75, 3.05) is 33.5 Å². The van der Waals surface area contributed by atoms with Crippen LogP contribution in [0.5, 0.6) is 11.5 Å². The minimum Gasteiger partial charge on any atom is -0.490 e. The number of nitrogens with zero attached hydrogens (tertiary/aromatic N) is 1. The number of rotatable bonds is 12. The fraction of sp³-hybridized carbons (Fsp3) is 0.476. The summed E-state index contributed by atoms with van der Waals surface area (Å²) in [7, 11) is 1.60. The molecule has 0 saturated carbocycles. The minimum absolute atomic E-state index is 0.184. The molecule has 0 spiro atoms. The van der Waals surface area contributed by atoms with Crippen molar-refractivity contribution in [3.8, 4) is 11.5 Å². The van der Waals surface area contributed by atoms with Gasteiger partial charge in [-0.25, -0.2) is 0 Å². The number of halogens is 1. The number of methoxy groups -OCH3 is 1. The van der Waals surface area contributed by atoms with Crippen LogP contribution in [0, 0.1) is 0 Å². The fourth-order valence-electron chi connectivity index (χ4n) is 2.64. The maximum Gasteiger partial charge on any atom is 0.254 e. The molecule has 0 atom stereocenters. The predicted molar refractivity (Wildman–Crippen MR) is 108 cm³/mol. The third-order valence-corrected chi connectivity index (χ3v) is 4.36. The Hall–Kier alpha value is -2.18. The molecule has 2 aromatic rings. The summed E-state index contributed by atoms with van der Waals surface area (Å²) in [5, 5.41) is 0.357. The van der Waals surface area contributed by atoms with E-state index in [9.17, 15) is 4.79 Å². The quantitative estimate of drug-likeness (QED) is 0.471. The van der Waals surface area contributed by atoms with Crippen molar-refractivity contribution in [3.05, 3.63) is 46.9 Å². The van der Waals surface area contributed by atoms with Gasteiger partial charge in [0.2, 0.25) is 0 Å². The zero-order valence-corrected chi connectivity index (χ0v) is 17.5. The molecule has 1 amide bonds. The average molecular weight is 410 g/mol. The Morgan fingerprint density at radius 1 is 1.21 bits per heavy atom. The lowest BCUT2D eigenvalue weighted by atomic mass is 10.1. The van der Waals surface area contributed by atoms with Crippen molar-refractivity contribution in [3.63, 3.8) is 0 Å². The molecule has 1 aromatic carbocycles. The van der Waals surface area contributed by atoms with Gasteiger partial charge in [0.1, 0.15) is 5.76 Å². The van der Waals surface area contributed by atoms with Gasteiger partial charge in [0.15, 0.2) is 11.5 Å². The second-order valence-electron chi connectivity index (χ2n) is 6.22. The summed E-state index contributed by atoms with van der Waals surface area (Å²) >= 11 is 6.43. The minimum atomic E-state index is -0.184. The highest BCUT2D eigenvalue weighted by Gasteiger charge is 2.21. The summed E-state index contributed by atoms with van der Waals surface area (Å²) in [6.45, 7) is 6.12. The van der Waals surface area contributed by atoms with Gasteiger partial charge >= 0.3 is 0 Å². The summed E-state index contributed by atoms with van der Waals surface area (Å²) < 4.78 is 22.0. The van der Waals surface area contributed by atoms with E-state index in [4.69, 9.17) is 30.2 Å². The Labute approximate surface area is 171 Å². The third kappa shape index (κ3) is 6.17. The molecule has 0 unspecified atom stereocenters. The van der Waals surface area contributed by atoms with Crippen LogP contribution < -0.4 is 9.47 Å². The molecule has 0 bridgehead atoms. The standard InChI is InChI=1S/C21H28ClNO5/c1-4-6-10-28-20-18(22)13-16(14-19(20)26-5-2)21(24)23(9-12-25-3)15-17-8-7-11-27-17/h7-8,11,13-14H,4-6,9-10,12,15H2,1-3H3. The maximum atomic E-state index is 13.1. The van der Waals surface area contributed by atoms with Crippen LogP contribution in [-0.4, -0.2) is 44.3 Å². The van der Waals surface area contributed by atoms with Crippen LogP contribution in [0.3, 0.4) is 0 Å².